The fourth-order valence-electron chi connectivity index (χ4n) is 1.41. The molecule has 0 fully saturated rings. The predicted octanol–water partition coefficient (Wildman–Crippen LogP) is 2.75. The minimum atomic E-state index is -0.426. The third kappa shape index (κ3) is 6.55. The zero-order chi connectivity index (χ0) is 15.0. The van der Waals surface area contributed by atoms with Crippen LogP contribution in [0.25, 0.3) is 0 Å². The Balaban J connectivity index is 2.50. The molecule has 0 aliphatic heterocycles. The molecule has 0 heterocycles. The maximum Gasteiger partial charge on any atom is 0.142 e. The summed E-state index contributed by atoms with van der Waals surface area (Å²) in [6.07, 6.45) is 0.335. The lowest BCUT2D eigenvalue weighted by molar-refractivity contribution is -0.0163. The van der Waals surface area contributed by atoms with E-state index in [1.165, 1.54) is 6.07 Å². The van der Waals surface area contributed by atoms with Gasteiger partial charge in [0.1, 0.15) is 18.2 Å². The van der Waals surface area contributed by atoms with Crippen LogP contribution in [0.4, 0.5) is 4.39 Å². The van der Waals surface area contributed by atoms with Gasteiger partial charge in [-0.05, 0) is 32.9 Å². The second-order valence-corrected chi connectivity index (χ2v) is 5.23. The second kappa shape index (κ2) is 7.88. The van der Waals surface area contributed by atoms with Crippen molar-refractivity contribution in [1.82, 2.24) is 0 Å². The lowest BCUT2D eigenvalue weighted by Crippen LogP contribution is -2.22. The molecule has 0 aromatic heterocycles. The molecule has 0 amide bonds. The van der Waals surface area contributed by atoms with Crippen LogP contribution >= 0.6 is 0 Å². The molecule has 3 nitrogen and oxygen atoms in total. The van der Waals surface area contributed by atoms with Gasteiger partial charge >= 0.3 is 0 Å². The highest BCUT2D eigenvalue weighted by atomic mass is 19.1. The van der Waals surface area contributed by atoms with E-state index >= 15 is 0 Å². The van der Waals surface area contributed by atoms with Gasteiger partial charge in [-0.2, -0.15) is 0 Å². The van der Waals surface area contributed by atoms with Gasteiger partial charge in [0, 0.05) is 12.5 Å². The molecule has 1 rings (SSSR count). The standard InChI is InChI=1S/C16H21FO3/c1-16(2,3)20-11-10-19-14-8-7-13(15(17)12-14)6-4-5-9-18/h7-8,12,18H,5,9-11H2,1-3H3. The Morgan fingerprint density at radius 1 is 1.25 bits per heavy atom. The predicted molar refractivity (Wildman–Crippen MR) is 76.2 cm³/mol. The molecule has 0 atom stereocenters. The van der Waals surface area contributed by atoms with Crippen molar-refractivity contribution in [3.8, 4) is 17.6 Å². The van der Waals surface area contributed by atoms with E-state index in [9.17, 15) is 4.39 Å². The third-order valence-electron chi connectivity index (χ3n) is 2.29. The highest BCUT2D eigenvalue weighted by Gasteiger charge is 2.09. The molecule has 0 radical (unpaired) electrons. The monoisotopic (exact) mass is 280 g/mol. The van der Waals surface area contributed by atoms with E-state index < -0.39 is 5.82 Å². The zero-order valence-electron chi connectivity index (χ0n) is 12.2. The first-order valence-corrected chi connectivity index (χ1v) is 6.58. The minimum Gasteiger partial charge on any atom is -0.491 e. The van der Waals surface area contributed by atoms with Crippen LogP contribution in [0.2, 0.25) is 0 Å². The molecular formula is C16H21FO3. The topological polar surface area (TPSA) is 38.7 Å². The summed E-state index contributed by atoms with van der Waals surface area (Å²) in [6.45, 7) is 6.69. The minimum absolute atomic E-state index is 0.0242. The summed E-state index contributed by atoms with van der Waals surface area (Å²) in [6, 6.07) is 4.54. The second-order valence-electron chi connectivity index (χ2n) is 5.23. The van der Waals surface area contributed by atoms with Gasteiger partial charge in [-0.25, -0.2) is 4.39 Å². The molecule has 0 aliphatic rings. The molecular weight excluding hydrogens is 259 g/mol. The highest BCUT2D eigenvalue weighted by molar-refractivity contribution is 5.39. The van der Waals surface area contributed by atoms with Gasteiger partial charge in [0.25, 0.3) is 0 Å². The van der Waals surface area contributed by atoms with E-state index in [0.29, 0.717) is 30.9 Å². The molecule has 110 valence electrons. The van der Waals surface area contributed by atoms with Gasteiger partial charge < -0.3 is 14.6 Å². The van der Waals surface area contributed by atoms with Crippen LogP contribution in [-0.4, -0.2) is 30.5 Å². The van der Waals surface area contributed by atoms with Crippen LogP contribution in [0.5, 0.6) is 5.75 Å². The Bertz CT molecular complexity index is 481. The van der Waals surface area contributed by atoms with E-state index in [1.807, 2.05) is 20.8 Å². The van der Waals surface area contributed by atoms with Crippen LogP contribution in [0.15, 0.2) is 18.2 Å². The van der Waals surface area contributed by atoms with E-state index in [2.05, 4.69) is 11.8 Å². The van der Waals surface area contributed by atoms with Crippen LogP contribution < -0.4 is 4.74 Å². The maximum absolute atomic E-state index is 13.7. The van der Waals surface area contributed by atoms with Crippen molar-refractivity contribution < 1.29 is 19.0 Å². The summed E-state index contributed by atoms with van der Waals surface area (Å²) in [5.41, 5.74) is 0.0950. The van der Waals surface area contributed by atoms with Gasteiger partial charge in [-0.3, -0.25) is 0 Å². The highest BCUT2D eigenvalue weighted by Crippen LogP contribution is 2.16. The van der Waals surface area contributed by atoms with Crippen LogP contribution in [-0.2, 0) is 4.74 Å². The molecule has 1 aromatic carbocycles. The molecule has 0 saturated heterocycles. The summed E-state index contributed by atoms with van der Waals surface area (Å²) in [4.78, 5) is 0. The van der Waals surface area contributed by atoms with E-state index in [0.717, 1.165) is 0 Å². The maximum atomic E-state index is 13.7. The fourth-order valence-corrected chi connectivity index (χ4v) is 1.41. The first-order valence-electron chi connectivity index (χ1n) is 6.58. The normalized spacial score (nSPS) is 10.8. The fraction of sp³-hybridized carbons (Fsp3) is 0.500. The quantitative estimate of drug-likeness (QED) is 0.666. The molecule has 4 heteroatoms. The Hall–Kier alpha value is -1.57. The molecule has 0 aliphatic carbocycles. The number of aliphatic hydroxyl groups excluding tert-OH is 1. The van der Waals surface area contributed by atoms with E-state index in [-0.39, 0.29) is 12.2 Å². The molecule has 1 N–H and O–H groups in total. The Morgan fingerprint density at radius 3 is 2.60 bits per heavy atom. The van der Waals surface area contributed by atoms with Crippen molar-refractivity contribution in [3.63, 3.8) is 0 Å². The molecule has 0 spiro atoms. The smallest absolute Gasteiger partial charge is 0.142 e. The van der Waals surface area contributed by atoms with Crippen LogP contribution in [0.3, 0.4) is 0 Å². The number of hydrogen-bond donors (Lipinski definition) is 1. The average Bonchev–Trinajstić information content (AvgIpc) is 2.36. The van der Waals surface area contributed by atoms with Gasteiger partial charge in [-0.15, -0.1) is 0 Å². The molecule has 0 unspecified atom stereocenters. The Labute approximate surface area is 119 Å². The van der Waals surface area contributed by atoms with Crippen molar-refractivity contribution >= 4 is 0 Å². The number of halogens is 1. The van der Waals surface area contributed by atoms with Crippen LogP contribution in [0, 0.1) is 17.7 Å². The number of hydrogen-bond acceptors (Lipinski definition) is 3. The van der Waals surface area contributed by atoms with Gasteiger partial charge in [0.15, 0.2) is 0 Å². The first-order chi connectivity index (χ1) is 9.42. The van der Waals surface area contributed by atoms with Gasteiger partial charge in [-0.1, -0.05) is 11.8 Å². The SMILES string of the molecule is CC(C)(C)OCCOc1ccc(C#CCCO)c(F)c1. The largest absolute Gasteiger partial charge is 0.491 e. The lowest BCUT2D eigenvalue weighted by Gasteiger charge is -2.19. The van der Waals surface area contributed by atoms with Gasteiger partial charge in [0.2, 0.25) is 0 Å². The third-order valence-corrected chi connectivity index (χ3v) is 2.29. The van der Waals surface area contributed by atoms with Crippen LogP contribution in [0.1, 0.15) is 32.8 Å². The van der Waals surface area contributed by atoms with E-state index in [1.54, 1.807) is 12.1 Å². The van der Waals surface area contributed by atoms with Crippen molar-refractivity contribution in [2.45, 2.75) is 32.8 Å². The number of rotatable bonds is 5. The number of benzene rings is 1. The number of aliphatic hydroxyl groups is 1. The first kappa shape index (κ1) is 16.5. The summed E-state index contributed by atoms with van der Waals surface area (Å²) < 4.78 is 24.6. The molecule has 1 aromatic rings. The summed E-state index contributed by atoms with van der Waals surface area (Å²) in [5.74, 6) is 5.37. The van der Waals surface area contributed by atoms with Crippen molar-refractivity contribution in [3.05, 3.63) is 29.6 Å². The Morgan fingerprint density at radius 2 is 2.00 bits per heavy atom. The summed E-state index contributed by atoms with van der Waals surface area (Å²) in [7, 11) is 0. The van der Waals surface area contributed by atoms with Crippen molar-refractivity contribution in [2.24, 2.45) is 0 Å². The lowest BCUT2D eigenvalue weighted by atomic mass is 10.2. The molecule has 0 bridgehead atoms. The number of ether oxygens (including phenoxy) is 2. The van der Waals surface area contributed by atoms with E-state index in [4.69, 9.17) is 14.6 Å². The van der Waals surface area contributed by atoms with Gasteiger partial charge in [0.05, 0.1) is 24.4 Å². The molecule has 0 saturated carbocycles. The van der Waals surface area contributed by atoms with Crippen molar-refractivity contribution in [2.75, 3.05) is 19.8 Å². The summed E-state index contributed by atoms with van der Waals surface area (Å²) >= 11 is 0. The van der Waals surface area contributed by atoms with Crippen molar-refractivity contribution in [1.29, 1.82) is 0 Å². The Kier molecular flexibility index (Phi) is 6.50. The summed E-state index contributed by atoms with van der Waals surface area (Å²) in [5, 5.41) is 8.61. The average molecular weight is 280 g/mol. The molecule has 20 heavy (non-hydrogen) atoms. The zero-order valence-corrected chi connectivity index (χ0v) is 12.2.